The maximum absolute atomic E-state index is 6.11. The quantitative estimate of drug-likeness (QED) is 0.334. The van der Waals surface area contributed by atoms with E-state index in [1.807, 2.05) is 12.1 Å². The molecule has 3 heterocycles. The van der Waals surface area contributed by atoms with Crippen LogP contribution < -0.4 is 45.4 Å². The van der Waals surface area contributed by atoms with Gasteiger partial charge in [0.15, 0.2) is 0 Å². The van der Waals surface area contributed by atoms with Crippen molar-refractivity contribution in [3.63, 3.8) is 0 Å². The molecule has 0 saturated heterocycles. The monoisotopic (exact) mass is 428 g/mol. The summed E-state index contributed by atoms with van der Waals surface area (Å²) in [4.78, 5) is 6.71. The third kappa shape index (κ3) is 4.31. The standard InChI is InChI=1S/C22H20N4O.2ClH/c1-5-17(21-23-11-12-24-21)6-2-15(1)19-9-10-20(27-19)16-3-7-18(8-4-16)22-25-13-14-26-22;;/h1-10H,11-14H2,(H,23,24)(H,25,26);2*1H. The van der Waals surface area contributed by atoms with Crippen molar-refractivity contribution in [2.24, 2.45) is 0 Å². The Balaban J connectivity index is 0.00000120. The van der Waals surface area contributed by atoms with Crippen LogP contribution in [0, 0.1) is 0 Å². The Morgan fingerprint density at radius 3 is 1.28 bits per heavy atom. The van der Waals surface area contributed by atoms with Crippen LogP contribution in [-0.2, 0) is 0 Å². The van der Waals surface area contributed by atoms with E-state index in [2.05, 4.69) is 69.1 Å². The molecule has 0 radical (unpaired) electrons. The molecule has 3 aromatic rings. The van der Waals surface area contributed by atoms with Gasteiger partial charge >= 0.3 is 0 Å². The van der Waals surface area contributed by atoms with Crippen molar-refractivity contribution in [2.75, 3.05) is 26.2 Å². The van der Waals surface area contributed by atoms with Gasteiger partial charge in [-0.15, -0.1) is 0 Å². The van der Waals surface area contributed by atoms with Crippen LogP contribution in [0.25, 0.3) is 22.6 Å². The smallest absolute Gasteiger partial charge is 0.275 e. The van der Waals surface area contributed by atoms with Crippen molar-refractivity contribution >= 4 is 11.7 Å². The summed E-state index contributed by atoms with van der Waals surface area (Å²) >= 11 is 0. The Morgan fingerprint density at radius 2 is 0.931 bits per heavy atom. The summed E-state index contributed by atoms with van der Waals surface area (Å²) in [5.74, 6) is 3.97. The fraction of sp³-hybridized carbons (Fsp3) is 0.182. The van der Waals surface area contributed by atoms with Gasteiger partial charge < -0.3 is 29.2 Å². The van der Waals surface area contributed by atoms with E-state index < -0.39 is 0 Å². The summed E-state index contributed by atoms with van der Waals surface area (Å²) in [6.45, 7) is 3.90. The van der Waals surface area contributed by atoms with Gasteiger partial charge in [-0.2, -0.15) is 0 Å². The maximum atomic E-state index is 6.11. The summed E-state index contributed by atoms with van der Waals surface area (Å²) in [5, 5.41) is 6.71. The lowest BCUT2D eigenvalue weighted by atomic mass is 10.1. The average molecular weight is 429 g/mol. The van der Waals surface area contributed by atoms with Crippen molar-refractivity contribution < 1.29 is 39.2 Å². The van der Waals surface area contributed by atoms with Crippen molar-refractivity contribution in [3.8, 4) is 22.6 Å². The predicted molar refractivity (Wildman–Crippen MR) is 105 cm³/mol. The largest absolute Gasteiger partial charge is 1.00 e. The van der Waals surface area contributed by atoms with E-state index in [4.69, 9.17) is 4.42 Å². The van der Waals surface area contributed by atoms with Gasteiger partial charge in [0.2, 0.25) is 0 Å². The van der Waals surface area contributed by atoms with E-state index in [-0.39, 0.29) is 24.8 Å². The molecular formula is C22H22Cl2N4O. The van der Waals surface area contributed by atoms with Crippen molar-refractivity contribution in [3.05, 3.63) is 71.8 Å². The number of rotatable bonds is 4. The first kappa shape index (κ1) is 21.0. The summed E-state index contributed by atoms with van der Waals surface area (Å²) in [7, 11) is 0. The molecule has 7 heteroatoms. The summed E-state index contributed by atoms with van der Waals surface area (Å²) < 4.78 is 6.11. The zero-order valence-corrected chi connectivity index (χ0v) is 17.3. The highest BCUT2D eigenvalue weighted by molar-refractivity contribution is 5.95. The molecule has 0 unspecified atom stereocenters. The van der Waals surface area contributed by atoms with Gasteiger partial charge in [-0.3, -0.25) is 20.6 Å². The number of nitrogens with one attached hydrogen (secondary N) is 4. The number of furan rings is 1. The van der Waals surface area contributed by atoms with E-state index in [9.17, 15) is 0 Å². The van der Waals surface area contributed by atoms with Gasteiger partial charge in [0.05, 0.1) is 11.1 Å². The van der Waals surface area contributed by atoms with Crippen molar-refractivity contribution in [2.45, 2.75) is 0 Å². The zero-order chi connectivity index (χ0) is 18.1. The van der Waals surface area contributed by atoms with Crippen molar-refractivity contribution in [1.82, 2.24) is 10.6 Å². The third-order valence-corrected chi connectivity index (χ3v) is 4.98. The number of halogens is 2. The van der Waals surface area contributed by atoms with Gasteiger partial charge in [-0.1, -0.05) is 24.3 Å². The highest BCUT2D eigenvalue weighted by atomic mass is 35.5. The highest BCUT2D eigenvalue weighted by Gasteiger charge is 2.16. The molecule has 150 valence electrons. The fourth-order valence-electron chi connectivity index (χ4n) is 3.53. The topological polar surface area (TPSA) is 65.1 Å². The lowest BCUT2D eigenvalue weighted by Crippen LogP contribution is -3.00. The first-order valence-electron chi connectivity index (χ1n) is 9.38. The minimum Gasteiger partial charge on any atom is -1.00 e. The van der Waals surface area contributed by atoms with Gasteiger partial charge in [0.25, 0.3) is 11.7 Å². The first-order valence-corrected chi connectivity index (χ1v) is 9.38. The van der Waals surface area contributed by atoms with Crippen LogP contribution >= 0.6 is 0 Å². The van der Waals surface area contributed by atoms with Gasteiger partial charge in [0, 0.05) is 11.1 Å². The number of benzene rings is 2. The molecule has 0 aliphatic carbocycles. The summed E-state index contributed by atoms with van der Waals surface area (Å²) in [5.41, 5.74) is 4.50. The summed E-state index contributed by atoms with van der Waals surface area (Å²) in [6, 6.07) is 20.9. The second-order valence-corrected chi connectivity index (χ2v) is 6.78. The van der Waals surface area contributed by atoms with Crippen LogP contribution in [0.2, 0.25) is 0 Å². The Labute approximate surface area is 182 Å². The van der Waals surface area contributed by atoms with E-state index in [0.29, 0.717) is 0 Å². The van der Waals surface area contributed by atoms with E-state index in [0.717, 1.165) is 60.5 Å². The van der Waals surface area contributed by atoms with Crippen LogP contribution in [0.1, 0.15) is 11.1 Å². The third-order valence-electron chi connectivity index (χ3n) is 4.98. The van der Waals surface area contributed by atoms with Gasteiger partial charge in [-0.05, 0) is 36.4 Å². The van der Waals surface area contributed by atoms with Gasteiger partial charge in [-0.25, -0.2) is 0 Å². The molecule has 0 amide bonds. The Hall–Kier alpha value is -2.76. The second kappa shape index (κ2) is 9.16. The van der Waals surface area contributed by atoms with Crippen LogP contribution in [0.5, 0.6) is 0 Å². The Bertz CT molecular complexity index is 942. The molecule has 2 aromatic carbocycles. The van der Waals surface area contributed by atoms with Gasteiger partial charge in [0.1, 0.15) is 37.7 Å². The molecule has 0 fully saturated rings. The lowest BCUT2D eigenvalue weighted by Gasteiger charge is -2.01. The molecule has 5 nitrogen and oxygen atoms in total. The molecule has 0 bridgehead atoms. The lowest BCUT2D eigenvalue weighted by molar-refractivity contribution is -0.444. The molecule has 0 spiro atoms. The van der Waals surface area contributed by atoms with Crippen LogP contribution in [-0.4, -0.2) is 37.9 Å². The fourth-order valence-corrected chi connectivity index (χ4v) is 3.53. The SMILES string of the molecule is [Cl-].[Cl-].c1cc(-c2ccc(-c3ccc(C4=[NH+]CCN4)cc3)o2)ccc1C1=[NH+]CCN1. The van der Waals surface area contributed by atoms with E-state index in [1.165, 1.54) is 11.1 Å². The van der Waals surface area contributed by atoms with E-state index >= 15 is 0 Å². The molecule has 4 N–H and O–H groups in total. The van der Waals surface area contributed by atoms with Crippen LogP contribution in [0.15, 0.2) is 65.1 Å². The number of amidine groups is 2. The van der Waals surface area contributed by atoms with Crippen LogP contribution in [0.4, 0.5) is 0 Å². The molecule has 2 aliphatic heterocycles. The second-order valence-electron chi connectivity index (χ2n) is 6.78. The molecule has 0 atom stereocenters. The molecule has 5 rings (SSSR count). The Kier molecular flexibility index (Phi) is 6.62. The Morgan fingerprint density at radius 1 is 0.552 bits per heavy atom. The van der Waals surface area contributed by atoms with Crippen LogP contribution in [0.3, 0.4) is 0 Å². The molecular weight excluding hydrogens is 407 g/mol. The van der Waals surface area contributed by atoms with E-state index in [1.54, 1.807) is 0 Å². The zero-order valence-electron chi connectivity index (χ0n) is 15.8. The molecule has 2 aliphatic rings. The minimum absolute atomic E-state index is 0. The summed E-state index contributed by atoms with van der Waals surface area (Å²) in [6.07, 6.45) is 0. The molecule has 0 saturated carbocycles. The highest BCUT2D eigenvalue weighted by Crippen LogP contribution is 2.28. The predicted octanol–water partition coefficient (Wildman–Crippen LogP) is -6.52. The normalized spacial score (nSPS) is 14.8. The minimum atomic E-state index is 0. The average Bonchev–Trinajstić information content (AvgIpc) is 3.51. The molecule has 1 aromatic heterocycles. The first-order chi connectivity index (χ1) is 13.4. The number of hydrogen-bond donors (Lipinski definition) is 4. The van der Waals surface area contributed by atoms with Crippen molar-refractivity contribution in [1.29, 1.82) is 0 Å². The molecule has 29 heavy (non-hydrogen) atoms. The maximum Gasteiger partial charge on any atom is 0.275 e. The number of hydrogen-bond acceptors (Lipinski definition) is 3.